The first-order valence-electron chi connectivity index (χ1n) is 7.32. The number of carbonyl (C=O) groups is 1. The summed E-state index contributed by atoms with van der Waals surface area (Å²) in [6.45, 7) is 0.753. The van der Waals surface area contributed by atoms with Gasteiger partial charge in [-0.1, -0.05) is 0 Å². The lowest BCUT2D eigenvalue weighted by Crippen LogP contribution is -2.30. The van der Waals surface area contributed by atoms with Crippen molar-refractivity contribution in [1.29, 1.82) is 0 Å². The van der Waals surface area contributed by atoms with Crippen molar-refractivity contribution in [3.05, 3.63) is 48.2 Å². The van der Waals surface area contributed by atoms with Gasteiger partial charge >= 0.3 is 0 Å². The van der Waals surface area contributed by atoms with Gasteiger partial charge in [0.05, 0.1) is 18.4 Å². The number of likely N-dealkylation sites (tertiary alicyclic amines) is 1. The van der Waals surface area contributed by atoms with E-state index in [-0.39, 0.29) is 11.9 Å². The van der Waals surface area contributed by atoms with E-state index in [1.54, 1.807) is 33.9 Å². The van der Waals surface area contributed by atoms with Crippen LogP contribution in [-0.2, 0) is 7.05 Å². The molecule has 112 valence electrons. The van der Waals surface area contributed by atoms with Crippen LogP contribution in [0.5, 0.6) is 0 Å². The third-order valence-electron chi connectivity index (χ3n) is 4.13. The smallest absolute Gasteiger partial charge is 0.259 e. The second-order valence-corrected chi connectivity index (χ2v) is 5.55. The van der Waals surface area contributed by atoms with Gasteiger partial charge < -0.3 is 4.90 Å². The SMILES string of the molecule is Cn1cc(C2CCCN2C(=O)c2cnn3cccnc23)cn1. The second kappa shape index (κ2) is 4.94. The quantitative estimate of drug-likeness (QED) is 0.717. The molecule has 1 aliphatic rings. The van der Waals surface area contributed by atoms with Crippen molar-refractivity contribution in [2.24, 2.45) is 7.05 Å². The van der Waals surface area contributed by atoms with Crippen LogP contribution in [0.25, 0.3) is 5.65 Å². The number of hydrogen-bond acceptors (Lipinski definition) is 4. The molecule has 7 nitrogen and oxygen atoms in total. The van der Waals surface area contributed by atoms with Crippen LogP contribution in [0.2, 0.25) is 0 Å². The summed E-state index contributed by atoms with van der Waals surface area (Å²) in [4.78, 5) is 19.1. The minimum Gasteiger partial charge on any atom is -0.331 e. The van der Waals surface area contributed by atoms with E-state index in [9.17, 15) is 4.79 Å². The van der Waals surface area contributed by atoms with E-state index in [4.69, 9.17) is 0 Å². The number of fused-ring (bicyclic) bond motifs is 1. The van der Waals surface area contributed by atoms with Gasteiger partial charge in [0.25, 0.3) is 5.91 Å². The summed E-state index contributed by atoms with van der Waals surface area (Å²) >= 11 is 0. The van der Waals surface area contributed by atoms with Gasteiger partial charge in [0, 0.05) is 37.7 Å². The molecule has 1 fully saturated rings. The van der Waals surface area contributed by atoms with Gasteiger partial charge in [-0.3, -0.25) is 9.48 Å². The summed E-state index contributed by atoms with van der Waals surface area (Å²) in [5.41, 5.74) is 2.23. The summed E-state index contributed by atoms with van der Waals surface area (Å²) in [5.74, 6) is -0.0138. The van der Waals surface area contributed by atoms with Crippen molar-refractivity contribution >= 4 is 11.6 Å². The van der Waals surface area contributed by atoms with Crippen LogP contribution in [0.15, 0.2) is 37.1 Å². The molecule has 3 aromatic heterocycles. The van der Waals surface area contributed by atoms with Crippen LogP contribution < -0.4 is 0 Å². The third kappa shape index (κ3) is 1.97. The van der Waals surface area contributed by atoms with Gasteiger partial charge in [0.15, 0.2) is 5.65 Å². The van der Waals surface area contributed by atoms with Gasteiger partial charge in [-0.15, -0.1) is 0 Å². The number of carbonyl (C=O) groups excluding carboxylic acids is 1. The zero-order valence-corrected chi connectivity index (χ0v) is 12.3. The van der Waals surface area contributed by atoms with Crippen molar-refractivity contribution in [2.45, 2.75) is 18.9 Å². The largest absolute Gasteiger partial charge is 0.331 e. The van der Waals surface area contributed by atoms with Gasteiger partial charge in [-0.05, 0) is 18.9 Å². The van der Waals surface area contributed by atoms with Crippen LogP contribution in [0.4, 0.5) is 0 Å². The highest BCUT2D eigenvalue weighted by molar-refractivity contribution is 6.00. The van der Waals surface area contributed by atoms with Gasteiger partial charge in [-0.2, -0.15) is 10.2 Å². The molecule has 1 unspecified atom stereocenters. The molecule has 3 aromatic rings. The average molecular weight is 296 g/mol. The van der Waals surface area contributed by atoms with Crippen LogP contribution in [0.3, 0.4) is 0 Å². The molecule has 0 aliphatic carbocycles. The molecule has 0 bridgehead atoms. The van der Waals surface area contributed by atoms with E-state index in [2.05, 4.69) is 15.2 Å². The highest BCUT2D eigenvalue weighted by Gasteiger charge is 2.32. The lowest BCUT2D eigenvalue weighted by Gasteiger charge is -2.23. The third-order valence-corrected chi connectivity index (χ3v) is 4.13. The number of aryl methyl sites for hydroxylation is 1. The molecule has 0 saturated carbocycles. The molecule has 1 amide bonds. The van der Waals surface area contributed by atoms with E-state index in [1.165, 1.54) is 0 Å². The van der Waals surface area contributed by atoms with E-state index >= 15 is 0 Å². The lowest BCUT2D eigenvalue weighted by atomic mass is 10.1. The summed E-state index contributed by atoms with van der Waals surface area (Å²) < 4.78 is 3.40. The monoisotopic (exact) mass is 296 g/mol. The molecular formula is C15H16N6O. The predicted octanol–water partition coefficient (Wildman–Crippen LogP) is 1.44. The normalized spacial score (nSPS) is 18.2. The predicted molar refractivity (Wildman–Crippen MR) is 79.2 cm³/mol. The maximum Gasteiger partial charge on any atom is 0.259 e. The Hall–Kier alpha value is -2.70. The Bertz CT molecular complexity index is 835. The molecule has 22 heavy (non-hydrogen) atoms. The number of rotatable bonds is 2. The van der Waals surface area contributed by atoms with Gasteiger partial charge in [0.1, 0.15) is 5.56 Å². The zero-order valence-electron chi connectivity index (χ0n) is 12.3. The maximum atomic E-state index is 12.9. The Morgan fingerprint density at radius 1 is 1.32 bits per heavy atom. The number of hydrogen-bond donors (Lipinski definition) is 0. The first-order chi connectivity index (χ1) is 10.7. The van der Waals surface area contributed by atoms with E-state index in [0.717, 1.165) is 24.9 Å². The highest BCUT2D eigenvalue weighted by atomic mass is 16.2. The first kappa shape index (κ1) is 13.0. The molecule has 1 aliphatic heterocycles. The number of amides is 1. The molecule has 1 atom stereocenters. The van der Waals surface area contributed by atoms with Crippen LogP contribution in [0, 0.1) is 0 Å². The van der Waals surface area contributed by atoms with Crippen LogP contribution >= 0.6 is 0 Å². The molecular weight excluding hydrogens is 280 g/mol. The van der Waals surface area contributed by atoms with Gasteiger partial charge in [0.2, 0.25) is 0 Å². The van der Waals surface area contributed by atoms with Crippen molar-refractivity contribution in [3.8, 4) is 0 Å². The topological polar surface area (TPSA) is 68.3 Å². The second-order valence-electron chi connectivity index (χ2n) is 5.55. The molecule has 4 heterocycles. The molecule has 0 aromatic carbocycles. The fraction of sp³-hybridized carbons (Fsp3) is 0.333. The fourth-order valence-corrected chi connectivity index (χ4v) is 3.10. The van der Waals surface area contributed by atoms with E-state index < -0.39 is 0 Å². The molecule has 0 N–H and O–H groups in total. The molecule has 0 spiro atoms. The maximum absolute atomic E-state index is 12.9. The Morgan fingerprint density at radius 2 is 2.23 bits per heavy atom. The summed E-state index contributed by atoms with van der Waals surface area (Å²) in [5, 5.41) is 8.42. The fourth-order valence-electron chi connectivity index (χ4n) is 3.10. The van der Waals surface area contributed by atoms with E-state index in [1.807, 2.05) is 24.3 Å². The molecule has 0 radical (unpaired) electrons. The van der Waals surface area contributed by atoms with E-state index in [0.29, 0.717) is 11.2 Å². The first-order valence-corrected chi connectivity index (χ1v) is 7.32. The lowest BCUT2D eigenvalue weighted by molar-refractivity contribution is 0.0737. The Labute approximate surface area is 127 Å². The average Bonchev–Trinajstić information content (AvgIpc) is 3.25. The van der Waals surface area contributed by atoms with Crippen LogP contribution in [-0.4, -0.2) is 41.7 Å². The number of aromatic nitrogens is 5. The van der Waals surface area contributed by atoms with Crippen molar-refractivity contribution in [3.63, 3.8) is 0 Å². The Morgan fingerprint density at radius 3 is 3.05 bits per heavy atom. The van der Waals surface area contributed by atoms with Crippen molar-refractivity contribution in [1.82, 2.24) is 29.3 Å². The molecule has 1 saturated heterocycles. The summed E-state index contributed by atoms with van der Waals surface area (Å²) in [7, 11) is 1.89. The van der Waals surface area contributed by atoms with Gasteiger partial charge in [-0.25, -0.2) is 9.50 Å². The standard InChI is InChI=1S/C15H16N6O/c1-19-10-11(8-17-19)13-4-2-6-20(13)15(22)12-9-18-21-7-3-5-16-14(12)21/h3,5,7-10,13H,2,4,6H2,1H3. The van der Waals surface area contributed by atoms with Crippen molar-refractivity contribution in [2.75, 3.05) is 6.54 Å². The minimum atomic E-state index is -0.0138. The minimum absolute atomic E-state index is 0.0138. The Kier molecular flexibility index (Phi) is 2.92. The molecule has 4 rings (SSSR count). The Balaban J connectivity index is 1.69. The van der Waals surface area contributed by atoms with Crippen LogP contribution in [0.1, 0.15) is 34.8 Å². The molecule has 7 heteroatoms. The summed E-state index contributed by atoms with van der Waals surface area (Å²) in [6.07, 6.45) is 10.8. The highest BCUT2D eigenvalue weighted by Crippen LogP contribution is 2.33. The zero-order chi connectivity index (χ0) is 15.1. The summed E-state index contributed by atoms with van der Waals surface area (Å²) in [6, 6.07) is 1.88. The number of nitrogens with zero attached hydrogens (tertiary/aromatic N) is 6. The van der Waals surface area contributed by atoms with Crippen molar-refractivity contribution < 1.29 is 4.79 Å².